The molecule has 178 valence electrons. The minimum atomic E-state index is -0.510. The number of imidazole rings is 1. The first kappa shape index (κ1) is 24.6. The van der Waals surface area contributed by atoms with Crippen molar-refractivity contribution in [3.63, 3.8) is 0 Å². The smallest absolute Gasteiger partial charge is 0.161 e. The summed E-state index contributed by atoms with van der Waals surface area (Å²) in [7, 11) is 3.77. The topological polar surface area (TPSA) is 63.0 Å². The molecule has 0 aliphatic carbocycles. The highest BCUT2D eigenvalue weighted by Gasteiger charge is 2.15. The lowest BCUT2D eigenvalue weighted by atomic mass is 10.1. The lowest BCUT2D eigenvalue weighted by molar-refractivity contribution is 0.0644. The lowest BCUT2D eigenvalue weighted by Crippen LogP contribution is -2.37. The number of aliphatic hydroxyl groups excluding tert-OH is 1. The van der Waals surface area contributed by atoms with E-state index in [2.05, 4.69) is 32.5 Å². The number of likely N-dealkylation sites (N-methyl/N-ethyl adjacent to an activating group) is 1. The molecule has 0 amide bonds. The molecule has 7 heteroatoms. The van der Waals surface area contributed by atoms with Gasteiger partial charge in [-0.05, 0) is 57.6 Å². The molecule has 1 N–H and O–H groups in total. The van der Waals surface area contributed by atoms with Crippen molar-refractivity contribution in [1.29, 1.82) is 0 Å². The Morgan fingerprint density at radius 2 is 1.88 bits per heavy atom. The van der Waals surface area contributed by atoms with E-state index in [0.717, 1.165) is 44.1 Å². The minimum absolute atomic E-state index is 0.270. The monoisotopic (exact) mass is 444 g/mol. The van der Waals surface area contributed by atoms with Crippen molar-refractivity contribution in [2.75, 3.05) is 46.9 Å². The molecule has 0 spiro atoms. The predicted octanol–water partition coefficient (Wildman–Crippen LogP) is 3.34. The molecule has 3 rings (SSSR count). The number of aryl methyl sites for hydroxylation is 1. The molecule has 1 fully saturated rings. The van der Waals surface area contributed by atoms with E-state index >= 15 is 0 Å². The van der Waals surface area contributed by atoms with Gasteiger partial charge in [-0.25, -0.2) is 4.98 Å². The first-order valence-electron chi connectivity index (χ1n) is 11.9. The maximum Gasteiger partial charge on any atom is 0.161 e. The highest BCUT2D eigenvalue weighted by atomic mass is 16.5. The van der Waals surface area contributed by atoms with Crippen LogP contribution < -0.4 is 9.47 Å². The predicted molar refractivity (Wildman–Crippen MR) is 127 cm³/mol. The van der Waals surface area contributed by atoms with Crippen molar-refractivity contribution in [1.82, 2.24) is 19.4 Å². The molecule has 32 heavy (non-hydrogen) atoms. The molecule has 0 radical (unpaired) electrons. The van der Waals surface area contributed by atoms with E-state index in [1.807, 2.05) is 31.5 Å². The Morgan fingerprint density at radius 3 is 2.56 bits per heavy atom. The van der Waals surface area contributed by atoms with Gasteiger partial charge in [-0.15, -0.1) is 0 Å². The molecule has 1 atom stereocenters. The second-order valence-electron chi connectivity index (χ2n) is 8.92. The molecule has 1 saturated heterocycles. The van der Waals surface area contributed by atoms with Gasteiger partial charge in [0.1, 0.15) is 18.5 Å². The third-order valence-electron chi connectivity index (χ3n) is 6.18. The summed E-state index contributed by atoms with van der Waals surface area (Å²) in [6, 6.07) is 6.05. The molecule has 7 nitrogen and oxygen atoms in total. The molecule has 1 aliphatic rings. The first-order chi connectivity index (χ1) is 15.5. The van der Waals surface area contributed by atoms with Crippen LogP contribution in [0.3, 0.4) is 0 Å². The number of benzene rings is 1. The number of hydrogen-bond acceptors (Lipinski definition) is 6. The van der Waals surface area contributed by atoms with Crippen LogP contribution in [0, 0.1) is 6.92 Å². The van der Waals surface area contributed by atoms with Crippen molar-refractivity contribution in [3.8, 4) is 11.5 Å². The van der Waals surface area contributed by atoms with Crippen molar-refractivity contribution in [3.05, 3.63) is 42.0 Å². The summed E-state index contributed by atoms with van der Waals surface area (Å²) in [6.07, 6.45) is 9.71. The zero-order valence-electron chi connectivity index (χ0n) is 20.0. The van der Waals surface area contributed by atoms with E-state index in [9.17, 15) is 5.11 Å². The summed E-state index contributed by atoms with van der Waals surface area (Å²) in [5.74, 6) is 2.42. The van der Waals surface area contributed by atoms with Gasteiger partial charge in [0.05, 0.1) is 7.11 Å². The summed E-state index contributed by atoms with van der Waals surface area (Å²) in [4.78, 5) is 8.93. The van der Waals surface area contributed by atoms with E-state index in [-0.39, 0.29) is 6.61 Å². The molecular formula is C25H40N4O3. The maximum absolute atomic E-state index is 10.6. The molecule has 1 aromatic heterocycles. The standard InChI is InChI=1S/C25H40N4O3/c1-21-26-11-14-29(21)16-15-27(2)18-22-9-10-24(31-3)25(17-22)32-20-23(30)19-28-12-7-5-4-6-8-13-28/h9-11,14,17,23,30H,4-8,12-13,15-16,18-20H2,1-3H3/t23-/m1/s1. The number of aromatic nitrogens is 2. The van der Waals surface area contributed by atoms with E-state index in [1.165, 1.54) is 32.1 Å². The average Bonchev–Trinajstić information content (AvgIpc) is 3.17. The van der Waals surface area contributed by atoms with Crippen molar-refractivity contribution >= 4 is 0 Å². The SMILES string of the molecule is COc1ccc(CN(C)CCn2ccnc2C)cc1OC[C@H](O)CN1CCCCCCC1. The fraction of sp³-hybridized carbons (Fsp3) is 0.640. The molecule has 0 saturated carbocycles. The number of aliphatic hydroxyl groups is 1. The van der Waals surface area contributed by atoms with Crippen LogP contribution in [0.4, 0.5) is 0 Å². The van der Waals surface area contributed by atoms with Crippen LogP contribution in [-0.4, -0.2) is 77.5 Å². The third kappa shape index (κ3) is 7.80. The van der Waals surface area contributed by atoms with Gasteiger partial charge in [-0.1, -0.05) is 25.3 Å². The summed E-state index contributed by atoms with van der Waals surface area (Å²) in [5, 5.41) is 10.6. The molecule has 0 unspecified atom stereocenters. The Balaban J connectivity index is 1.50. The number of nitrogens with zero attached hydrogens (tertiary/aromatic N) is 4. The van der Waals surface area contributed by atoms with Crippen molar-refractivity contribution < 1.29 is 14.6 Å². The molecule has 2 heterocycles. The highest BCUT2D eigenvalue weighted by Crippen LogP contribution is 2.28. The zero-order chi connectivity index (χ0) is 22.8. The molecule has 1 aromatic carbocycles. The number of ether oxygens (including phenoxy) is 2. The molecule has 1 aliphatic heterocycles. The van der Waals surface area contributed by atoms with Gasteiger partial charge in [0.25, 0.3) is 0 Å². The summed E-state index contributed by atoms with van der Waals surface area (Å²) < 4.78 is 13.7. The maximum atomic E-state index is 10.6. The normalized spacial score (nSPS) is 16.5. The van der Waals surface area contributed by atoms with Gasteiger partial charge in [0.15, 0.2) is 11.5 Å². The van der Waals surface area contributed by atoms with Gasteiger partial charge in [0.2, 0.25) is 0 Å². The quantitative estimate of drug-likeness (QED) is 0.574. The van der Waals surface area contributed by atoms with Crippen LogP contribution in [0.15, 0.2) is 30.6 Å². The summed E-state index contributed by atoms with van der Waals surface area (Å²) in [6.45, 7) is 7.74. The fourth-order valence-electron chi connectivity index (χ4n) is 4.27. The number of methoxy groups -OCH3 is 1. The molecule has 2 aromatic rings. The van der Waals surface area contributed by atoms with Gasteiger partial charge in [0, 0.05) is 38.6 Å². The number of hydrogen-bond donors (Lipinski definition) is 1. The number of β-amino-alcohol motifs (C(OH)–C–C–N with tert-alkyl or cyclic N) is 1. The first-order valence-corrected chi connectivity index (χ1v) is 11.9. The fourth-order valence-corrected chi connectivity index (χ4v) is 4.27. The van der Waals surface area contributed by atoms with Crippen LogP contribution in [-0.2, 0) is 13.1 Å². The second-order valence-corrected chi connectivity index (χ2v) is 8.92. The highest BCUT2D eigenvalue weighted by molar-refractivity contribution is 5.43. The van der Waals surface area contributed by atoms with Crippen molar-refractivity contribution in [2.45, 2.75) is 58.2 Å². The lowest BCUT2D eigenvalue weighted by Gasteiger charge is -2.27. The van der Waals surface area contributed by atoms with E-state index in [1.54, 1.807) is 7.11 Å². The molecule has 0 bridgehead atoms. The van der Waals surface area contributed by atoms with Crippen LogP contribution >= 0.6 is 0 Å². The molecular weight excluding hydrogens is 404 g/mol. The van der Waals surface area contributed by atoms with Gasteiger partial charge >= 0.3 is 0 Å². The Hall–Kier alpha value is -2.09. The zero-order valence-corrected chi connectivity index (χ0v) is 20.0. The van der Waals surface area contributed by atoms with Gasteiger partial charge in [-0.2, -0.15) is 0 Å². The van der Waals surface area contributed by atoms with Crippen LogP contribution in [0.25, 0.3) is 0 Å². The van der Waals surface area contributed by atoms with Crippen LogP contribution in [0.1, 0.15) is 43.5 Å². The van der Waals surface area contributed by atoms with E-state index < -0.39 is 6.10 Å². The third-order valence-corrected chi connectivity index (χ3v) is 6.18. The largest absolute Gasteiger partial charge is 0.493 e. The summed E-state index contributed by atoms with van der Waals surface area (Å²) in [5.41, 5.74) is 1.16. The Labute approximate surface area is 193 Å². The van der Waals surface area contributed by atoms with E-state index in [4.69, 9.17) is 9.47 Å². The van der Waals surface area contributed by atoms with Gasteiger partial charge < -0.3 is 28.9 Å². The Morgan fingerprint density at radius 1 is 1.12 bits per heavy atom. The number of likely N-dealkylation sites (tertiary alicyclic amines) is 1. The Bertz CT molecular complexity index is 802. The van der Waals surface area contributed by atoms with Crippen LogP contribution in [0.2, 0.25) is 0 Å². The second kappa shape index (κ2) is 12.8. The van der Waals surface area contributed by atoms with Crippen molar-refractivity contribution in [2.24, 2.45) is 0 Å². The van der Waals surface area contributed by atoms with Gasteiger partial charge in [-0.3, -0.25) is 0 Å². The van der Waals surface area contributed by atoms with Crippen LogP contribution in [0.5, 0.6) is 11.5 Å². The number of rotatable bonds is 11. The summed E-state index contributed by atoms with van der Waals surface area (Å²) >= 11 is 0. The average molecular weight is 445 g/mol. The minimum Gasteiger partial charge on any atom is -0.493 e. The van der Waals surface area contributed by atoms with E-state index in [0.29, 0.717) is 18.0 Å². The Kier molecular flexibility index (Phi) is 9.84.